The number of nitrogens with one attached hydrogen (secondary N) is 3. The molecule has 1 aromatic rings. The van der Waals surface area contributed by atoms with Crippen LogP contribution in [-0.4, -0.2) is 71.2 Å². The van der Waals surface area contributed by atoms with Crippen LogP contribution in [0.1, 0.15) is 45.1 Å². The third kappa shape index (κ3) is 11.3. The lowest BCUT2D eigenvalue weighted by Crippen LogP contribution is -2.58. The number of amides is 3. The van der Waals surface area contributed by atoms with Gasteiger partial charge in [-0.15, -0.1) is 0 Å². The second-order valence-electron chi connectivity index (χ2n) is 8.91. The normalized spacial score (nSPS) is 14.5. The predicted molar refractivity (Wildman–Crippen MR) is 131 cm³/mol. The molecule has 0 fully saturated rings. The summed E-state index contributed by atoms with van der Waals surface area (Å²) in [5.74, 6) is -3.25. The van der Waals surface area contributed by atoms with Gasteiger partial charge in [0.2, 0.25) is 17.7 Å². The molecule has 0 aliphatic rings. The average Bonchev–Trinajstić information content (AvgIpc) is 2.81. The van der Waals surface area contributed by atoms with Crippen molar-refractivity contribution in [2.45, 2.75) is 70.1 Å². The highest BCUT2D eigenvalue weighted by molar-refractivity contribution is 5.94. The fourth-order valence-electron chi connectivity index (χ4n) is 3.43. The summed E-state index contributed by atoms with van der Waals surface area (Å²) in [5, 5.41) is 26.5. The van der Waals surface area contributed by atoms with Gasteiger partial charge < -0.3 is 37.6 Å². The SMILES string of the molecule is CC(C)CC(NC(=O)C(CO)NC(=O)C(N)Cc1ccccc1)C(=O)NC(CCCCN)C(=O)O. The van der Waals surface area contributed by atoms with Crippen LogP contribution in [0.15, 0.2) is 30.3 Å². The highest BCUT2D eigenvalue weighted by Gasteiger charge is 2.30. The molecule has 11 nitrogen and oxygen atoms in total. The number of carboxylic acids is 1. The van der Waals surface area contributed by atoms with Crippen LogP contribution in [0.5, 0.6) is 0 Å². The number of rotatable bonds is 16. The molecule has 0 saturated heterocycles. The number of aliphatic carboxylic acids is 1. The van der Waals surface area contributed by atoms with Crippen molar-refractivity contribution >= 4 is 23.7 Å². The Labute approximate surface area is 206 Å². The van der Waals surface area contributed by atoms with E-state index in [9.17, 15) is 29.4 Å². The largest absolute Gasteiger partial charge is 0.480 e. The van der Waals surface area contributed by atoms with Crippen LogP contribution in [-0.2, 0) is 25.6 Å². The van der Waals surface area contributed by atoms with Crippen molar-refractivity contribution < 1.29 is 29.4 Å². The Morgan fingerprint density at radius 1 is 0.886 bits per heavy atom. The minimum Gasteiger partial charge on any atom is -0.480 e. The smallest absolute Gasteiger partial charge is 0.326 e. The number of carbonyl (C=O) groups is 4. The summed E-state index contributed by atoms with van der Waals surface area (Å²) < 4.78 is 0. The minimum atomic E-state index is -1.33. The fourth-order valence-corrected chi connectivity index (χ4v) is 3.43. The van der Waals surface area contributed by atoms with Crippen LogP contribution in [0.3, 0.4) is 0 Å². The number of benzene rings is 1. The van der Waals surface area contributed by atoms with Gasteiger partial charge in [0.15, 0.2) is 0 Å². The molecule has 0 aliphatic carbocycles. The van der Waals surface area contributed by atoms with E-state index in [1.54, 1.807) is 0 Å². The number of carboxylic acid groups (broad SMARTS) is 1. The quantitative estimate of drug-likeness (QED) is 0.146. The number of carbonyl (C=O) groups excluding carboxylic acids is 3. The molecule has 4 atom stereocenters. The van der Waals surface area contributed by atoms with Crippen molar-refractivity contribution in [3.8, 4) is 0 Å². The summed E-state index contributed by atoms with van der Waals surface area (Å²) in [6, 6.07) is 4.66. The van der Waals surface area contributed by atoms with Crippen molar-refractivity contribution in [1.82, 2.24) is 16.0 Å². The molecular weight excluding hydrogens is 454 g/mol. The summed E-state index contributed by atoms with van der Waals surface area (Å²) in [4.78, 5) is 49.6. The van der Waals surface area contributed by atoms with Gasteiger partial charge in [0.05, 0.1) is 12.6 Å². The van der Waals surface area contributed by atoms with Crippen LogP contribution in [0, 0.1) is 5.92 Å². The maximum atomic E-state index is 12.8. The first-order chi connectivity index (χ1) is 16.6. The zero-order valence-electron chi connectivity index (χ0n) is 20.4. The van der Waals surface area contributed by atoms with Gasteiger partial charge in [-0.25, -0.2) is 4.79 Å². The standard InChI is InChI=1S/C24H39N5O6/c1-15(2)12-19(22(32)27-18(24(34)35)10-6-7-11-25)28-23(33)20(14-30)29-21(31)17(26)13-16-8-4-3-5-9-16/h3-5,8-9,15,17-20,30H,6-7,10-14,25-26H2,1-2H3,(H,27,32)(H,28,33)(H,29,31)(H,34,35). The lowest BCUT2D eigenvalue weighted by atomic mass is 10.0. The van der Waals surface area contributed by atoms with Crippen LogP contribution in [0.2, 0.25) is 0 Å². The van der Waals surface area contributed by atoms with Crippen molar-refractivity contribution in [3.05, 3.63) is 35.9 Å². The van der Waals surface area contributed by atoms with Gasteiger partial charge in [0.1, 0.15) is 18.1 Å². The van der Waals surface area contributed by atoms with Crippen LogP contribution in [0.25, 0.3) is 0 Å². The Hall–Kier alpha value is -3.02. The molecular formula is C24H39N5O6. The molecule has 11 heteroatoms. The molecule has 0 radical (unpaired) electrons. The molecule has 1 rings (SSSR count). The molecule has 0 aromatic heterocycles. The first kappa shape index (κ1) is 30.0. The van der Waals surface area contributed by atoms with Gasteiger partial charge in [-0.05, 0) is 50.1 Å². The van der Waals surface area contributed by atoms with E-state index in [1.165, 1.54) is 0 Å². The number of aliphatic hydroxyl groups excluding tert-OH is 1. The molecule has 0 spiro atoms. The topological polar surface area (TPSA) is 197 Å². The average molecular weight is 494 g/mol. The minimum absolute atomic E-state index is 0.00645. The third-order valence-corrected chi connectivity index (χ3v) is 5.35. The fraction of sp³-hybridized carbons (Fsp3) is 0.583. The second kappa shape index (κ2) is 15.8. The zero-order chi connectivity index (χ0) is 26.4. The number of unbranched alkanes of at least 4 members (excludes halogenated alkanes) is 1. The van der Waals surface area contributed by atoms with Gasteiger partial charge in [0, 0.05) is 0 Å². The number of aliphatic hydroxyl groups is 1. The summed E-state index contributed by atoms with van der Waals surface area (Å²) in [5.41, 5.74) is 12.2. The molecule has 35 heavy (non-hydrogen) atoms. The third-order valence-electron chi connectivity index (χ3n) is 5.35. The van der Waals surface area contributed by atoms with Gasteiger partial charge in [0.25, 0.3) is 0 Å². The monoisotopic (exact) mass is 493 g/mol. The van der Waals surface area contributed by atoms with E-state index in [0.29, 0.717) is 19.4 Å². The molecule has 196 valence electrons. The summed E-state index contributed by atoms with van der Waals surface area (Å²) >= 11 is 0. The Bertz CT molecular complexity index is 820. The van der Waals surface area contributed by atoms with E-state index in [1.807, 2.05) is 44.2 Å². The van der Waals surface area contributed by atoms with Crippen molar-refractivity contribution in [2.24, 2.45) is 17.4 Å². The van der Waals surface area contributed by atoms with E-state index >= 15 is 0 Å². The number of hydrogen-bond acceptors (Lipinski definition) is 7. The van der Waals surface area contributed by atoms with Gasteiger partial charge in [-0.1, -0.05) is 44.2 Å². The van der Waals surface area contributed by atoms with Crippen molar-refractivity contribution in [1.29, 1.82) is 0 Å². The summed E-state index contributed by atoms with van der Waals surface area (Å²) in [6.45, 7) is 3.39. The lowest BCUT2D eigenvalue weighted by molar-refractivity contribution is -0.142. The van der Waals surface area contributed by atoms with E-state index in [0.717, 1.165) is 5.56 Å². The maximum absolute atomic E-state index is 12.8. The van der Waals surface area contributed by atoms with Crippen LogP contribution < -0.4 is 27.4 Å². The Morgan fingerprint density at radius 3 is 2.00 bits per heavy atom. The molecule has 0 saturated carbocycles. The van der Waals surface area contributed by atoms with Crippen LogP contribution in [0.4, 0.5) is 0 Å². The molecule has 4 unspecified atom stereocenters. The van der Waals surface area contributed by atoms with Crippen LogP contribution >= 0.6 is 0 Å². The Morgan fingerprint density at radius 2 is 1.46 bits per heavy atom. The van der Waals surface area contributed by atoms with Gasteiger partial charge >= 0.3 is 5.97 Å². The predicted octanol–water partition coefficient (Wildman–Crippen LogP) is -0.737. The zero-order valence-corrected chi connectivity index (χ0v) is 20.4. The highest BCUT2D eigenvalue weighted by Crippen LogP contribution is 2.08. The molecule has 0 heterocycles. The molecule has 3 amide bonds. The second-order valence-corrected chi connectivity index (χ2v) is 8.91. The molecule has 0 aliphatic heterocycles. The number of nitrogens with two attached hydrogens (primary N) is 2. The maximum Gasteiger partial charge on any atom is 0.326 e. The van der Waals surface area contributed by atoms with Crippen molar-refractivity contribution in [3.63, 3.8) is 0 Å². The first-order valence-electron chi connectivity index (χ1n) is 11.8. The van der Waals surface area contributed by atoms with E-state index in [-0.39, 0.29) is 25.2 Å². The first-order valence-corrected chi connectivity index (χ1v) is 11.8. The van der Waals surface area contributed by atoms with E-state index < -0.39 is 54.5 Å². The van der Waals surface area contributed by atoms with Gasteiger partial charge in [-0.2, -0.15) is 0 Å². The molecule has 9 N–H and O–H groups in total. The lowest BCUT2D eigenvalue weighted by Gasteiger charge is -2.25. The van der Waals surface area contributed by atoms with Crippen molar-refractivity contribution in [2.75, 3.05) is 13.2 Å². The van der Waals surface area contributed by atoms with Gasteiger partial charge in [-0.3, -0.25) is 14.4 Å². The summed E-state index contributed by atoms with van der Waals surface area (Å²) in [6.07, 6.45) is 1.82. The Balaban J connectivity index is 2.80. The van der Waals surface area contributed by atoms with E-state index in [2.05, 4.69) is 16.0 Å². The Kier molecular flexibility index (Phi) is 13.5. The number of hydrogen-bond donors (Lipinski definition) is 7. The molecule has 1 aromatic carbocycles. The highest BCUT2D eigenvalue weighted by atomic mass is 16.4. The van der Waals surface area contributed by atoms with E-state index in [4.69, 9.17) is 11.5 Å². The summed E-state index contributed by atoms with van der Waals surface area (Å²) in [7, 11) is 0. The molecule has 0 bridgehead atoms.